The Balaban J connectivity index is 1.85. The first-order valence-corrected chi connectivity index (χ1v) is 6.21. The van der Waals surface area contributed by atoms with Gasteiger partial charge in [0.15, 0.2) is 5.76 Å². The summed E-state index contributed by atoms with van der Waals surface area (Å²) in [6.07, 6.45) is 4.84. The predicted octanol–water partition coefficient (Wildman–Crippen LogP) is 1.28. The van der Waals surface area contributed by atoms with Gasteiger partial charge >= 0.3 is 6.03 Å². The summed E-state index contributed by atoms with van der Waals surface area (Å²) in [7, 11) is 0. The molecule has 102 valence electrons. The lowest BCUT2D eigenvalue weighted by Gasteiger charge is -2.34. The molecular formula is C13H17N3O3. The van der Waals surface area contributed by atoms with Gasteiger partial charge in [0, 0.05) is 32.4 Å². The van der Waals surface area contributed by atoms with E-state index in [2.05, 4.69) is 5.32 Å². The Hall–Kier alpha value is -2.24. The zero-order chi connectivity index (χ0) is 13.7. The number of amides is 3. The topological polar surface area (TPSA) is 65.8 Å². The number of nitrogens with zero attached hydrogens (tertiary/aromatic N) is 2. The second-order valence-electron chi connectivity index (χ2n) is 4.21. The number of urea groups is 1. The Morgan fingerprint density at radius 3 is 2.53 bits per heavy atom. The molecule has 2 rings (SSSR count). The Labute approximate surface area is 111 Å². The van der Waals surface area contributed by atoms with Gasteiger partial charge in [-0.1, -0.05) is 6.08 Å². The lowest BCUT2D eigenvalue weighted by atomic mass is 10.3. The normalized spacial score (nSPS) is 15.8. The smallest absolute Gasteiger partial charge is 0.321 e. The van der Waals surface area contributed by atoms with Crippen LogP contribution in [-0.2, 0) is 0 Å². The third-order valence-corrected chi connectivity index (χ3v) is 2.96. The minimum Gasteiger partial charge on any atom is -0.459 e. The van der Waals surface area contributed by atoms with Crippen LogP contribution in [0.3, 0.4) is 0 Å². The summed E-state index contributed by atoms with van der Waals surface area (Å²) >= 11 is 0. The monoisotopic (exact) mass is 263 g/mol. The van der Waals surface area contributed by atoms with Gasteiger partial charge in [-0.2, -0.15) is 0 Å². The van der Waals surface area contributed by atoms with Gasteiger partial charge < -0.3 is 19.5 Å². The summed E-state index contributed by atoms with van der Waals surface area (Å²) in [4.78, 5) is 27.1. The molecule has 1 saturated heterocycles. The van der Waals surface area contributed by atoms with Gasteiger partial charge in [-0.3, -0.25) is 4.79 Å². The fraction of sp³-hybridized carbons (Fsp3) is 0.385. The van der Waals surface area contributed by atoms with Crippen molar-refractivity contribution >= 4 is 11.9 Å². The molecule has 1 aliphatic rings. The molecule has 6 heteroatoms. The molecule has 6 nitrogen and oxygen atoms in total. The predicted molar refractivity (Wildman–Crippen MR) is 69.5 cm³/mol. The van der Waals surface area contributed by atoms with Crippen molar-refractivity contribution in [1.82, 2.24) is 15.1 Å². The third kappa shape index (κ3) is 3.15. The lowest BCUT2D eigenvalue weighted by Crippen LogP contribution is -2.52. The van der Waals surface area contributed by atoms with E-state index in [-0.39, 0.29) is 11.9 Å². The maximum atomic E-state index is 12.0. The molecule has 2 heterocycles. The number of rotatable bonds is 2. The van der Waals surface area contributed by atoms with Crippen molar-refractivity contribution in [3.63, 3.8) is 0 Å². The summed E-state index contributed by atoms with van der Waals surface area (Å²) < 4.78 is 5.08. The molecular weight excluding hydrogens is 246 g/mol. The third-order valence-electron chi connectivity index (χ3n) is 2.96. The number of carbonyl (C=O) groups is 2. The molecule has 0 aromatic carbocycles. The first-order chi connectivity index (χ1) is 9.22. The molecule has 1 aromatic heterocycles. The van der Waals surface area contributed by atoms with Crippen molar-refractivity contribution in [2.24, 2.45) is 0 Å². The lowest BCUT2D eigenvalue weighted by molar-refractivity contribution is 0.0636. The molecule has 0 unspecified atom stereocenters. The van der Waals surface area contributed by atoms with E-state index in [4.69, 9.17) is 4.42 Å². The second-order valence-corrected chi connectivity index (χ2v) is 4.21. The zero-order valence-corrected chi connectivity index (χ0v) is 10.8. The Morgan fingerprint density at radius 2 is 1.95 bits per heavy atom. The van der Waals surface area contributed by atoms with E-state index in [1.807, 2.05) is 6.92 Å². The number of carbonyl (C=O) groups excluding carboxylic acids is 2. The van der Waals surface area contributed by atoms with Crippen LogP contribution >= 0.6 is 0 Å². The van der Waals surface area contributed by atoms with E-state index < -0.39 is 0 Å². The van der Waals surface area contributed by atoms with Gasteiger partial charge in [0.1, 0.15) is 0 Å². The summed E-state index contributed by atoms with van der Waals surface area (Å²) in [5.74, 6) is 0.213. The van der Waals surface area contributed by atoms with Crippen LogP contribution in [0.2, 0.25) is 0 Å². The molecule has 1 N–H and O–H groups in total. The number of allylic oxidation sites excluding steroid dienone is 1. The molecule has 0 saturated carbocycles. The van der Waals surface area contributed by atoms with Crippen molar-refractivity contribution in [3.8, 4) is 0 Å². The van der Waals surface area contributed by atoms with Crippen LogP contribution in [0.1, 0.15) is 17.5 Å². The highest BCUT2D eigenvalue weighted by molar-refractivity contribution is 5.91. The minimum atomic E-state index is -0.136. The maximum absolute atomic E-state index is 12.0. The highest BCUT2D eigenvalue weighted by Crippen LogP contribution is 2.09. The van der Waals surface area contributed by atoms with Crippen molar-refractivity contribution < 1.29 is 14.0 Å². The zero-order valence-electron chi connectivity index (χ0n) is 10.8. The van der Waals surface area contributed by atoms with E-state index in [9.17, 15) is 9.59 Å². The molecule has 0 aliphatic carbocycles. The SMILES string of the molecule is C/C=C/NC(=O)N1CCN(C(=O)c2ccco2)CC1. The number of piperazine rings is 1. The van der Waals surface area contributed by atoms with E-state index in [1.165, 1.54) is 6.26 Å². The molecule has 1 aliphatic heterocycles. The van der Waals surface area contributed by atoms with Gasteiger partial charge in [-0.25, -0.2) is 4.79 Å². The quantitative estimate of drug-likeness (QED) is 0.874. The molecule has 0 radical (unpaired) electrons. The van der Waals surface area contributed by atoms with E-state index >= 15 is 0 Å². The average Bonchev–Trinajstić information content (AvgIpc) is 2.98. The fourth-order valence-electron chi connectivity index (χ4n) is 1.91. The fourth-order valence-corrected chi connectivity index (χ4v) is 1.91. The van der Waals surface area contributed by atoms with Gasteiger partial charge in [-0.15, -0.1) is 0 Å². The van der Waals surface area contributed by atoms with Gasteiger partial charge in [0.05, 0.1) is 6.26 Å². The minimum absolute atomic E-state index is 0.126. The van der Waals surface area contributed by atoms with Gasteiger partial charge in [-0.05, 0) is 19.1 Å². The second kappa shape index (κ2) is 6.08. The highest BCUT2D eigenvalue weighted by atomic mass is 16.3. The molecule has 19 heavy (non-hydrogen) atoms. The average molecular weight is 263 g/mol. The van der Waals surface area contributed by atoms with Crippen molar-refractivity contribution in [2.45, 2.75) is 6.92 Å². The van der Waals surface area contributed by atoms with E-state index in [0.717, 1.165) is 0 Å². The first-order valence-electron chi connectivity index (χ1n) is 6.21. The largest absolute Gasteiger partial charge is 0.459 e. The van der Waals surface area contributed by atoms with Crippen LogP contribution in [0.15, 0.2) is 35.1 Å². The first kappa shape index (κ1) is 13.2. The number of furan rings is 1. The molecule has 0 spiro atoms. The summed E-state index contributed by atoms with van der Waals surface area (Å²) in [5.41, 5.74) is 0. The van der Waals surface area contributed by atoms with Crippen LogP contribution in [-0.4, -0.2) is 47.9 Å². The molecule has 1 aromatic rings. The Bertz CT molecular complexity index is 459. The maximum Gasteiger partial charge on any atom is 0.321 e. The standard InChI is InChI=1S/C13H17N3O3/c1-2-5-14-13(18)16-8-6-15(7-9-16)12(17)11-4-3-10-19-11/h2-5,10H,6-9H2,1H3,(H,14,18)/b5-2+. The number of nitrogens with one attached hydrogen (secondary N) is 1. The Kier molecular flexibility index (Phi) is 4.22. The van der Waals surface area contributed by atoms with E-state index in [0.29, 0.717) is 31.9 Å². The number of hydrogen-bond donors (Lipinski definition) is 1. The summed E-state index contributed by atoms with van der Waals surface area (Å²) in [6.45, 7) is 3.91. The van der Waals surface area contributed by atoms with Crippen molar-refractivity contribution in [3.05, 3.63) is 36.4 Å². The Morgan fingerprint density at radius 1 is 1.26 bits per heavy atom. The molecule has 0 atom stereocenters. The molecule has 1 fully saturated rings. The van der Waals surface area contributed by atoms with Gasteiger partial charge in [0.25, 0.3) is 5.91 Å². The highest BCUT2D eigenvalue weighted by Gasteiger charge is 2.25. The van der Waals surface area contributed by atoms with Gasteiger partial charge in [0.2, 0.25) is 0 Å². The van der Waals surface area contributed by atoms with E-state index in [1.54, 1.807) is 34.2 Å². The molecule has 3 amide bonds. The molecule has 0 bridgehead atoms. The van der Waals surface area contributed by atoms with Crippen molar-refractivity contribution in [2.75, 3.05) is 26.2 Å². The van der Waals surface area contributed by atoms with Crippen molar-refractivity contribution in [1.29, 1.82) is 0 Å². The van der Waals surface area contributed by atoms with Crippen LogP contribution in [0, 0.1) is 0 Å². The summed E-state index contributed by atoms with van der Waals surface area (Å²) in [6, 6.07) is 3.20. The number of hydrogen-bond acceptors (Lipinski definition) is 3. The summed E-state index contributed by atoms with van der Waals surface area (Å²) in [5, 5.41) is 2.66. The van der Waals surface area contributed by atoms with Crippen LogP contribution in [0.5, 0.6) is 0 Å². The van der Waals surface area contributed by atoms with Crippen LogP contribution < -0.4 is 5.32 Å². The van der Waals surface area contributed by atoms with Crippen LogP contribution in [0.25, 0.3) is 0 Å². The van der Waals surface area contributed by atoms with Crippen LogP contribution in [0.4, 0.5) is 4.79 Å².